The van der Waals surface area contributed by atoms with E-state index in [2.05, 4.69) is 6.08 Å². The summed E-state index contributed by atoms with van der Waals surface area (Å²) in [6, 6.07) is 6.10. The largest absolute Gasteiger partial charge is 0.493 e. The number of hydrogen-bond acceptors (Lipinski definition) is 4. The zero-order chi connectivity index (χ0) is 20.6. The van der Waals surface area contributed by atoms with Gasteiger partial charge >= 0.3 is 5.97 Å². The molecule has 1 heterocycles. The van der Waals surface area contributed by atoms with Crippen LogP contribution in [0.4, 0.5) is 4.39 Å². The standard InChI is InChI=1S/C23H31FO5/c24-17-6-4-7-18(13-17)28-12-2-1-8-19-20-11-10-16(5-3-9-23(26)27)15-29-22(20)14-21(19)25/h1,4,6-8,13,16,19-22,25H,2-3,5,9-12,14-15H2,(H,26,27)/b8-1+/t16-,19+,20+,21+,22-/m0/s1. The van der Waals surface area contributed by atoms with Crippen LogP contribution in [0.5, 0.6) is 5.75 Å². The topological polar surface area (TPSA) is 76.0 Å². The monoisotopic (exact) mass is 406 g/mol. The van der Waals surface area contributed by atoms with Crippen molar-refractivity contribution < 1.29 is 28.9 Å². The molecule has 2 fully saturated rings. The summed E-state index contributed by atoms with van der Waals surface area (Å²) in [7, 11) is 0. The molecule has 5 atom stereocenters. The second kappa shape index (κ2) is 10.7. The van der Waals surface area contributed by atoms with E-state index in [0.717, 1.165) is 19.3 Å². The number of rotatable bonds is 9. The fourth-order valence-electron chi connectivity index (χ4n) is 4.54. The zero-order valence-electron chi connectivity index (χ0n) is 16.7. The van der Waals surface area contributed by atoms with E-state index < -0.39 is 12.1 Å². The zero-order valence-corrected chi connectivity index (χ0v) is 16.7. The van der Waals surface area contributed by atoms with Crippen LogP contribution in [0, 0.1) is 23.6 Å². The molecule has 1 aromatic carbocycles. The van der Waals surface area contributed by atoms with Gasteiger partial charge in [-0.3, -0.25) is 4.79 Å². The summed E-state index contributed by atoms with van der Waals surface area (Å²) >= 11 is 0. The Kier molecular flexibility index (Phi) is 8.07. The van der Waals surface area contributed by atoms with Gasteiger partial charge in [0.05, 0.1) is 18.8 Å². The highest BCUT2D eigenvalue weighted by atomic mass is 19.1. The van der Waals surface area contributed by atoms with Gasteiger partial charge < -0.3 is 19.7 Å². The summed E-state index contributed by atoms with van der Waals surface area (Å²) in [5, 5.41) is 19.3. The SMILES string of the molecule is O=C(O)CCC[C@H]1CC[C@@H]2[C@@H](/C=C/CCOc3cccc(F)c3)[C@H](O)C[C@@H]2OC1. The Morgan fingerprint density at radius 1 is 1.34 bits per heavy atom. The third-order valence-electron chi connectivity index (χ3n) is 6.05. The molecule has 29 heavy (non-hydrogen) atoms. The Morgan fingerprint density at radius 3 is 3.00 bits per heavy atom. The molecule has 0 unspecified atom stereocenters. The molecule has 1 saturated carbocycles. The number of aliphatic hydroxyl groups is 1. The van der Waals surface area contributed by atoms with Crippen molar-refractivity contribution in [2.75, 3.05) is 13.2 Å². The summed E-state index contributed by atoms with van der Waals surface area (Å²) < 4.78 is 24.8. The van der Waals surface area contributed by atoms with Gasteiger partial charge in [-0.15, -0.1) is 0 Å². The van der Waals surface area contributed by atoms with E-state index in [1.807, 2.05) is 6.08 Å². The van der Waals surface area contributed by atoms with Crippen molar-refractivity contribution in [1.82, 2.24) is 0 Å². The van der Waals surface area contributed by atoms with Gasteiger partial charge in [-0.25, -0.2) is 4.39 Å². The maximum absolute atomic E-state index is 13.2. The maximum atomic E-state index is 13.2. The van der Waals surface area contributed by atoms with Gasteiger partial charge in [0.15, 0.2) is 0 Å². The molecule has 2 aliphatic rings. The van der Waals surface area contributed by atoms with Gasteiger partial charge in [0, 0.05) is 31.4 Å². The molecule has 1 aromatic rings. The highest BCUT2D eigenvalue weighted by molar-refractivity contribution is 5.66. The van der Waals surface area contributed by atoms with Crippen molar-refractivity contribution in [3.8, 4) is 5.75 Å². The third kappa shape index (κ3) is 6.54. The number of benzene rings is 1. The Labute approximate surface area is 171 Å². The molecule has 160 valence electrons. The summed E-state index contributed by atoms with van der Waals surface area (Å²) in [5.74, 6) is 0.243. The molecule has 1 aliphatic heterocycles. The second-order valence-electron chi connectivity index (χ2n) is 8.17. The van der Waals surface area contributed by atoms with E-state index >= 15 is 0 Å². The van der Waals surface area contributed by atoms with Crippen molar-refractivity contribution in [2.45, 2.75) is 57.2 Å². The number of carbonyl (C=O) groups is 1. The van der Waals surface area contributed by atoms with Crippen LogP contribution in [0.15, 0.2) is 36.4 Å². The van der Waals surface area contributed by atoms with Crippen LogP contribution in [0.2, 0.25) is 0 Å². The Balaban J connectivity index is 1.44. The van der Waals surface area contributed by atoms with E-state index in [-0.39, 0.29) is 24.3 Å². The van der Waals surface area contributed by atoms with Crippen LogP contribution >= 0.6 is 0 Å². The quantitative estimate of drug-likeness (QED) is 0.475. The predicted molar refractivity (Wildman–Crippen MR) is 107 cm³/mol. The first-order valence-electron chi connectivity index (χ1n) is 10.6. The van der Waals surface area contributed by atoms with E-state index in [4.69, 9.17) is 14.6 Å². The average Bonchev–Trinajstić information content (AvgIpc) is 2.84. The molecule has 0 amide bonds. The van der Waals surface area contributed by atoms with Crippen molar-refractivity contribution in [1.29, 1.82) is 0 Å². The van der Waals surface area contributed by atoms with Crippen LogP contribution < -0.4 is 4.74 Å². The van der Waals surface area contributed by atoms with Gasteiger partial charge in [-0.1, -0.05) is 18.2 Å². The molecular weight excluding hydrogens is 375 g/mol. The number of carboxylic acid groups (broad SMARTS) is 1. The van der Waals surface area contributed by atoms with Crippen LogP contribution in [0.1, 0.15) is 44.9 Å². The van der Waals surface area contributed by atoms with Crippen molar-refractivity contribution in [3.63, 3.8) is 0 Å². The Bertz CT molecular complexity index is 692. The van der Waals surface area contributed by atoms with Gasteiger partial charge in [0.2, 0.25) is 0 Å². The lowest BCUT2D eigenvalue weighted by molar-refractivity contribution is -0.137. The molecule has 0 spiro atoms. The van der Waals surface area contributed by atoms with Crippen LogP contribution in [0.3, 0.4) is 0 Å². The van der Waals surface area contributed by atoms with Crippen molar-refractivity contribution in [2.24, 2.45) is 17.8 Å². The lowest BCUT2D eigenvalue weighted by Crippen LogP contribution is -2.21. The summed E-state index contributed by atoms with van der Waals surface area (Å²) in [6.45, 7) is 1.12. The number of carboxylic acids is 1. The summed E-state index contributed by atoms with van der Waals surface area (Å²) in [5.41, 5.74) is 0. The molecular formula is C23H31FO5. The van der Waals surface area contributed by atoms with Gasteiger partial charge in [-0.05, 0) is 56.1 Å². The number of ether oxygens (including phenoxy) is 2. The van der Waals surface area contributed by atoms with Gasteiger partial charge in [-0.2, -0.15) is 0 Å². The van der Waals surface area contributed by atoms with E-state index in [0.29, 0.717) is 50.1 Å². The molecule has 0 aromatic heterocycles. The highest BCUT2D eigenvalue weighted by Gasteiger charge is 2.43. The number of aliphatic carboxylic acids is 1. The molecule has 1 aliphatic carbocycles. The number of fused-ring (bicyclic) bond motifs is 1. The van der Waals surface area contributed by atoms with Gasteiger partial charge in [0.1, 0.15) is 11.6 Å². The molecule has 5 nitrogen and oxygen atoms in total. The predicted octanol–water partition coefficient (Wildman–Crippen LogP) is 4.20. The first kappa shape index (κ1) is 21.8. The van der Waals surface area contributed by atoms with Crippen LogP contribution in [0.25, 0.3) is 0 Å². The number of halogens is 1. The smallest absolute Gasteiger partial charge is 0.303 e. The molecule has 3 rings (SSSR count). The third-order valence-corrected chi connectivity index (χ3v) is 6.05. The summed E-state index contributed by atoms with van der Waals surface area (Å²) in [4.78, 5) is 10.7. The summed E-state index contributed by atoms with van der Waals surface area (Å²) in [6.07, 6.45) is 8.93. The van der Waals surface area contributed by atoms with Crippen molar-refractivity contribution in [3.05, 3.63) is 42.2 Å². The van der Waals surface area contributed by atoms with E-state index in [9.17, 15) is 14.3 Å². The molecule has 0 radical (unpaired) electrons. The van der Waals surface area contributed by atoms with Crippen molar-refractivity contribution >= 4 is 5.97 Å². The van der Waals surface area contributed by atoms with E-state index in [1.54, 1.807) is 12.1 Å². The maximum Gasteiger partial charge on any atom is 0.303 e. The molecule has 6 heteroatoms. The molecule has 0 bridgehead atoms. The van der Waals surface area contributed by atoms with Gasteiger partial charge in [0.25, 0.3) is 0 Å². The Morgan fingerprint density at radius 2 is 2.21 bits per heavy atom. The normalized spacial score (nSPS) is 29.5. The number of aliphatic hydroxyl groups excluding tert-OH is 1. The Hall–Kier alpha value is -1.92. The van der Waals surface area contributed by atoms with E-state index in [1.165, 1.54) is 12.1 Å². The lowest BCUT2D eigenvalue weighted by atomic mass is 9.86. The highest BCUT2D eigenvalue weighted by Crippen LogP contribution is 2.41. The average molecular weight is 406 g/mol. The second-order valence-corrected chi connectivity index (χ2v) is 8.17. The van der Waals surface area contributed by atoms with Crippen LogP contribution in [-0.2, 0) is 9.53 Å². The molecule has 2 N–H and O–H groups in total. The minimum atomic E-state index is -0.744. The fourth-order valence-corrected chi connectivity index (χ4v) is 4.54. The fraction of sp³-hybridized carbons (Fsp3) is 0.609. The first-order valence-corrected chi connectivity index (χ1v) is 10.6. The first-order chi connectivity index (χ1) is 14.0. The minimum absolute atomic E-state index is 0.0759. The van der Waals surface area contributed by atoms with Crippen LogP contribution in [-0.4, -0.2) is 41.6 Å². The lowest BCUT2D eigenvalue weighted by Gasteiger charge is -2.20. The minimum Gasteiger partial charge on any atom is -0.493 e. The number of hydrogen-bond donors (Lipinski definition) is 2. The molecule has 1 saturated heterocycles.